The number of rotatable bonds is 21. The van der Waals surface area contributed by atoms with Gasteiger partial charge < -0.3 is 4.74 Å². The molecule has 0 saturated heterocycles. The van der Waals surface area contributed by atoms with E-state index in [2.05, 4.69) is 175 Å². The van der Waals surface area contributed by atoms with Crippen LogP contribution in [0.5, 0.6) is 5.75 Å². The van der Waals surface area contributed by atoms with Crippen LogP contribution in [-0.4, -0.2) is 6.36 Å². The van der Waals surface area contributed by atoms with Gasteiger partial charge in [0, 0.05) is 0 Å². The predicted molar refractivity (Wildman–Crippen MR) is 405 cm³/mol. The lowest BCUT2D eigenvalue weighted by Gasteiger charge is -2.38. The Bertz CT molecular complexity index is 3000. The van der Waals surface area contributed by atoms with Crippen molar-refractivity contribution in [3.63, 3.8) is 0 Å². The summed E-state index contributed by atoms with van der Waals surface area (Å²) in [6, 6.07) is 52.6. The molecule has 0 atom stereocenters. The molecule has 6 aromatic carbocycles. The third-order valence-corrected chi connectivity index (χ3v) is 24.9. The van der Waals surface area contributed by atoms with Crippen LogP contribution < -0.4 is 4.74 Å². The van der Waals surface area contributed by atoms with Crippen molar-refractivity contribution >= 4 is 0 Å². The first-order chi connectivity index (χ1) is 46.8. The Morgan fingerprint density at radius 1 is 0.292 bits per heavy atom. The van der Waals surface area contributed by atoms with Crippen LogP contribution in [0, 0.1) is 54.3 Å². The molecule has 524 valence electrons. The lowest BCUT2D eigenvalue weighted by Crippen LogP contribution is -2.25. The summed E-state index contributed by atoms with van der Waals surface area (Å²) in [7, 11) is 0. The van der Waals surface area contributed by atoms with Gasteiger partial charge in [0.25, 0.3) is 0 Å². The van der Waals surface area contributed by atoms with Crippen LogP contribution >= 0.6 is 0 Å². The summed E-state index contributed by atoms with van der Waals surface area (Å²) >= 11 is 0. The monoisotopic (exact) mass is 1310 g/mol. The molecule has 6 saturated carbocycles. The molecule has 4 heteroatoms. The Balaban J connectivity index is 0.000000150. The van der Waals surface area contributed by atoms with Gasteiger partial charge in [-0.1, -0.05) is 270 Å². The predicted octanol–water partition coefficient (Wildman–Crippen LogP) is 29.1. The summed E-state index contributed by atoms with van der Waals surface area (Å²) in [6.45, 7) is 15.9. The number of hydrogen-bond donors (Lipinski definition) is 0. The SMILES string of the molecule is CCCC1CCC(C2CCC(c3ccc(C)cc3)CC2)CC1.CCCC1CCC(C2CCC(c3ccc(OC(F)(F)F)cc3)CC2)CC1.CCCC1CCC(c2ccc(-c3ccc(CC)cc3)cc2)CC1.CCCCCC1CCC(c2ccc(-c3ccc(CC)cc3)cc2)CC1. The molecule has 0 spiro atoms. The minimum atomic E-state index is -4.62. The molecule has 0 N–H and O–H groups in total. The third-order valence-electron chi connectivity index (χ3n) is 24.9. The number of hydrogen-bond acceptors (Lipinski definition) is 1. The summed E-state index contributed by atoms with van der Waals surface area (Å²) in [5.41, 5.74) is 15.4. The van der Waals surface area contributed by atoms with E-state index in [0.717, 1.165) is 83.5 Å². The molecule has 6 aliphatic rings. The minimum Gasteiger partial charge on any atom is -0.406 e. The normalized spacial score (nSPS) is 26.1. The van der Waals surface area contributed by atoms with Crippen molar-refractivity contribution in [2.45, 2.75) is 310 Å². The first-order valence-corrected chi connectivity index (χ1v) is 40.1. The Morgan fingerprint density at radius 2 is 0.552 bits per heavy atom. The largest absolute Gasteiger partial charge is 0.573 e. The van der Waals surface area contributed by atoms with Gasteiger partial charge in [-0.05, 0) is 287 Å². The molecule has 6 aromatic rings. The summed E-state index contributed by atoms with van der Waals surface area (Å²) in [5.74, 6) is 10.7. The molecule has 0 amide bonds. The van der Waals surface area contributed by atoms with Crippen molar-refractivity contribution < 1.29 is 17.9 Å². The fourth-order valence-corrected chi connectivity index (χ4v) is 18.8. The average Bonchev–Trinajstić information content (AvgIpc) is 1.35. The van der Waals surface area contributed by atoms with E-state index in [4.69, 9.17) is 0 Å². The van der Waals surface area contributed by atoms with Gasteiger partial charge >= 0.3 is 6.36 Å². The molecule has 1 nitrogen and oxygen atoms in total. The van der Waals surface area contributed by atoms with E-state index < -0.39 is 6.36 Å². The van der Waals surface area contributed by atoms with Gasteiger partial charge in [0.2, 0.25) is 0 Å². The maximum atomic E-state index is 12.3. The molecular formula is C92H129F3O. The van der Waals surface area contributed by atoms with E-state index in [1.165, 1.54) is 269 Å². The molecule has 0 radical (unpaired) electrons. The highest BCUT2D eigenvalue weighted by atomic mass is 19.4. The molecule has 6 aliphatic carbocycles. The number of aryl methyl sites for hydroxylation is 3. The van der Waals surface area contributed by atoms with Crippen LogP contribution in [0.3, 0.4) is 0 Å². The molecule has 0 bridgehead atoms. The van der Waals surface area contributed by atoms with Crippen LogP contribution in [0.2, 0.25) is 0 Å². The van der Waals surface area contributed by atoms with Gasteiger partial charge in [0.05, 0.1) is 0 Å². The second-order valence-corrected chi connectivity index (χ2v) is 31.5. The molecular weight excluding hydrogens is 1180 g/mol. The van der Waals surface area contributed by atoms with E-state index in [1.54, 1.807) is 16.7 Å². The quantitative estimate of drug-likeness (QED) is 0.0653. The maximum Gasteiger partial charge on any atom is 0.573 e. The average molecular weight is 1310 g/mol. The fourth-order valence-electron chi connectivity index (χ4n) is 18.8. The highest BCUT2D eigenvalue weighted by Gasteiger charge is 2.34. The van der Waals surface area contributed by atoms with Crippen molar-refractivity contribution in [3.8, 4) is 28.0 Å². The van der Waals surface area contributed by atoms with Crippen molar-refractivity contribution in [2.75, 3.05) is 0 Å². The van der Waals surface area contributed by atoms with E-state index in [1.807, 2.05) is 12.1 Å². The number of unbranched alkanes of at least 4 members (excludes halogenated alkanes) is 2. The van der Waals surface area contributed by atoms with Gasteiger partial charge in [-0.15, -0.1) is 13.2 Å². The summed E-state index contributed by atoms with van der Waals surface area (Å²) in [4.78, 5) is 0. The fraction of sp³-hybridized carbons (Fsp3) is 0.609. The molecule has 0 unspecified atom stereocenters. The number of halogens is 3. The van der Waals surface area contributed by atoms with Gasteiger partial charge in [0.1, 0.15) is 5.75 Å². The minimum absolute atomic E-state index is 0.126. The maximum absolute atomic E-state index is 12.3. The zero-order valence-corrected chi connectivity index (χ0v) is 61.3. The standard InChI is InChI=1S/C25H34.C23H30.C22H31F3O.C22H34/c1-3-5-6-7-21-10-14-23(15-11-21)25-18-16-24(17-19-25)22-12-8-20(4-2)9-13-22;1-3-5-19-8-12-21(13-9-19)23-16-14-22(15-17-23)20-10-6-18(4-2)7-11-20;1-2-3-16-4-6-17(7-5-16)18-8-10-19(11-9-18)20-12-14-21(15-13-20)26-22(23,24)25;1-3-4-18-7-11-20(12-8-18)22-15-13-21(14-16-22)19-9-5-17(2)6-10-19/h8-9,12-13,16-19,21,23H,3-7,10-11,14-15H2,1-2H3;6-7,10-11,14-17,19,21H,3-5,8-9,12-13H2,1-2H3;12-19H,2-11H2,1H3;5-6,9-10,18,20-22H,3-4,7-8,11-16H2,1-2H3. The van der Waals surface area contributed by atoms with Crippen molar-refractivity contribution in [2.24, 2.45) is 47.3 Å². The van der Waals surface area contributed by atoms with Crippen molar-refractivity contribution in [1.29, 1.82) is 0 Å². The summed E-state index contributed by atoms with van der Waals surface area (Å²) < 4.78 is 40.8. The van der Waals surface area contributed by atoms with E-state index in [0.29, 0.717) is 5.92 Å². The second kappa shape index (κ2) is 39.6. The van der Waals surface area contributed by atoms with Gasteiger partial charge in [-0.25, -0.2) is 0 Å². The van der Waals surface area contributed by atoms with Crippen LogP contribution in [0.1, 0.15) is 322 Å². The Kier molecular flexibility index (Phi) is 31.0. The number of ether oxygens (including phenoxy) is 1. The van der Waals surface area contributed by atoms with E-state index >= 15 is 0 Å². The molecule has 96 heavy (non-hydrogen) atoms. The van der Waals surface area contributed by atoms with E-state index in [9.17, 15) is 13.2 Å². The first-order valence-electron chi connectivity index (χ1n) is 40.1. The van der Waals surface area contributed by atoms with Crippen LogP contribution in [0.15, 0.2) is 146 Å². The summed E-state index contributed by atoms with van der Waals surface area (Å²) in [6.07, 6.45) is 45.4. The van der Waals surface area contributed by atoms with Crippen molar-refractivity contribution in [3.05, 3.63) is 185 Å². The van der Waals surface area contributed by atoms with E-state index in [-0.39, 0.29) is 5.75 Å². The topological polar surface area (TPSA) is 9.23 Å². The summed E-state index contributed by atoms with van der Waals surface area (Å²) in [5, 5.41) is 0. The zero-order valence-electron chi connectivity index (χ0n) is 61.3. The van der Waals surface area contributed by atoms with Gasteiger partial charge in [-0.3, -0.25) is 0 Å². The third kappa shape index (κ3) is 23.8. The highest BCUT2D eigenvalue weighted by Crippen LogP contribution is 2.47. The molecule has 0 heterocycles. The van der Waals surface area contributed by atoms with Crippen LogP contribution in [0.25, 0.3) is 22.3 Å². The Morgan fingerprint density at radius 3 is 0.844 bits per heavy atom. The molecule has 0 aromatic heterocycles. The Hall–Kier alpha value is -5.09. The number of alkyl halides is 3. The zero-order chi connectivity index (χ0) is 67.5. The Labute approximate surface area is 584 Å². The molecule has 0 aliphatic heterocycles. The van der Waals surface area contributed by atoms with Crippen LogP contribution in [-0.2, 0) is 12.8 Å². The smallest absolute Gasteiger partial charge is 0.406 e. The molecule has 6 fully saturated rings. The van der Waals surface area contributed by atoms with Crippen LogP contribution in [0.4, 0.5) is 13.2 Å². The molecule has 12 rings (SSSR count). The number of benzene rings is 6. The first kappa shape index (κ1) is 75.1. The van der Waals surface area contributed by atoms with Gasteiger partial charge in [-0.2, -0.15) is 0 Å². The van der Waals surface area contributed by atoms with Crippen molar-refractivity contribution in [1.82, 2.24) is 0 Å². The lowest BCUT2D eigenvalue weighted by molar-refractivity contribution is -0.274. The lowest BCUT2D eigenvalue weighted by atomic mass is 9.68. The second-order valence-electron chi connectivity index (χ2n) is 31.5. The van der Waals surface area contributed by atoms with Gasteiger partial charge in [0.15, 0.2) is 0 Å². The highest BCUT2D eigenvalue weighted by molar-refractivity contribution is 5.65.